The van der Waals surface area contributed by atoms with Crippen molar-refractivity contribution in [3.05, 3.63) is 69.9 Å². The molecule has 4 rings (SSSR count). The quantitative estimate of drug-likeness (QED) is 0.353. The fourth-order valence-electron chi connectivity index (χ4n) is 4.25. The Labute approximate surface area is 212 Å². The van der Waals surface area contributed by atoms with E-state index in [2.05, 4.69) is 10.2 Å². The highest BCUT2D eigenvalue weighted by Crippen LogP contribution is 2.38. The van der Waals surface area contributed by atoms with Gasteiger partial charge in [0.25, 0.3) is 5.56 Å². The second-order valence-corrected chi connectivity index (χ2v) is 10.4. The van der Waals surface area contributed by atoms with Crippen molar-refractivity contribution in [2.45, 2.75) is 58.8 Å². The molecule has 0 amide bonds. The van der Waals surface area contributed by atoms with Crippen molar-refractivity contribution in [2.24, 2.45) is 0 Å². The summed E-state index contributed by atoms with van der Waals surface area (Å²) in [6.07, 6.45) is 4.73. The zero-order chi connectivity index (χ0) is 26.2. The van der Waals surface area contributed by atoms with Crippen LogP contribution in [0, 0.1) is 6.92 Å². The molecule has 10 heteroatoms. The summed E-state index contributed by atoms with van der Waals surface area (Å²) >= 11 is 1.41. The third-order valence-corrected chi connectivity index (χ3v) is 7.52. The van der Waals surface area contributed by atoms with Crippen LogP contribution < -0.4 is 10.3 Å². The zero-order valence-corrected chi connectivity index (χ0v) is 22.0. The van der Waals surface area contributed by atoms with E-state index in [1.165, 1.54) is 34.5 Å². The van der Waals surface area contributed by atoms with Crippen molar-refractivity contribution >= 4 is 27.4 Å². The number of methoxy groups -OCH3 is 1. The Morgan fingerprint density at radius 2 is 1.86 bits per heavy atom. The maximum atomic E-state index is 13.7. The highest BCUT2D eigenvalue weighted by molar-refractivity contribution is 7.21. The van der Waals surface area contributed by atoms with Crippen molar-refractivity contribution in [2.75, 3.05) is 7.11 Å². The number of nitrogens with zero attached hydrogens (tertiary/aromatic N) is 4. The smallest absolute Gasteiger partial charge is 0.329 e. The summed E-state index contributed by atoms with van der Waals surface area (Å²) in [5, 5.41) is 19.6. The van der Waals surface area contributed by atoms with E-state index in [9.17, 15) is 14.7 Å². The SMILES string of the molecule is COc1ccccc1[C@H](Cc1cn(C(C)(C)C(=O)O)c(=O)c2c(C)c(-n3nccn3)sc12)OC(C)C. The molecule has 1 N–H and O–H groups in total. The monoisotopic (exact) mass is 510 g/mol. The van der Waals surface area contributed by atoms with E-state index in [1.54, 1.807) is 25.7 Å². The second-order valence-electron chi connectivity index (χ2n) is 9.37. The third-order valence-electron chi connectivity index (χ3n) is 6.18. The molecule has 0 radical (unpaired) electrons. The first-order valence-electron chi connectivity index (χ1n) is 11.6. The number of thiophene rings is 1. The number of aliphatic carboxylic acids is 1. The van der Waals surface area contributed by atoms with Gasteiger partial charge in [-0.1, -0.05) is 18.2 Å². The van der Waals surface area contributed by atoms with Crippen LogP contribution in [0.2, 0.25) is 0 Å². The molecule has 3 aromatic heterocycles. The highest BCUT2D eigenvalue weighted by Gasteiger charge is 2.33. The van der Waals surface area contributed by atoms with Crippen LogP contribution in [-0.2, 0) is 21.5 Å². The van der Waals surface area contributed by atoms with Gasteiger partial charge in [-0.3, -0.25) is 9.36 Å². The van der Waals surface area contributed by atoms with Crippen molar-refractivity contribution in [3.8, 4) is 10.8 Å². The minimum absolute atomic E-state index is 0.0781. The first-order valence-corrected chi connectivity index (χ1v) is 12.4. The Hall–Kier alpha value is -3.50. The average Bonchev–Trinajstić information content (AvgIpc) is 3.48. The van der Waals surface area contributed by atoms with E-state index in [0.29, 0.717) is 28.1 Å². The van der Waals surface area contributed by atoms with E-state index in [-0.39, 0.29) is 11.7 Å². The molecule has 0 aliphatic rings. The van der Waals surface area contributed by atoms with Gasteiger partial charge >= 0.3 is 5.97 Å². The Bertz CT molecular complexity index is 1450. The van der Waals surface area contributed by atoms with Crippen LogP contribution in [0.3, 0.4) is 0 Å². The van der Waals surface area contributed by atoms with E-state index in [4.69, 9.17) is 9.47 Å². The van der Waals surface area contributed by atoms with Crippen LogP contribution in [-0.4, -0.2) is 43.9 Å². The van der Waals surface area contributed by atoms with Crippen LogP contribution in [0.25, 0.3) is 15.1 Å². The predicted molar refractivity (Wildman–Crippen MR) is 138 cm³/mol. The summed E-state index contributed by atoms with van der Waals surface area (Å²) in [4.78, 5) is 27.3. The Balaban J connectivity index is 1.99. The number of aromatic nitrogens is 4. The standard InChI is InChI=1S/C26H30N4O5S/c1-15(2)35-20(18-9-7-8-10-19(18)34-6)13-17-14-29(26(4,5)25(32)33)23(31)21-16(3)24(36-22(17)21)30-27-11-12-28-30/h7-12,14-15,20H,13H2,1-6H3,(H,32,33)/t20-/m0/s1. The van der Waals surface area contributed by atoms with Crippen molar-refractivity contribution in [1.29, 1.82) is 0 Å². The lowest BCUT2D eigenvalue weighted by molar-refractivity contribution is -0.145. The van der Waals surface area contributed by atoms with E-state index in [0.717, 1.165) is 15.8 Å². The topological polar surface area (TPSA) is 108 Å². The van der Waals surface area contributed by atoms with Gasteiger partial charge in [0.2, 0.25) is 0 Å². The zero-order valence-electron chi connectivity index (χ0n) is 21.2. The average molecular weight is 511 g/mol. The predicted octanol–water partition coefficient (Wildman–Crippen LogP) is 4.49. The third kappa shape index (κ3) is 4.54. The van der Waals surface area contributed by atoms with Gasteiger partial charge in [-0.2, -0.15) is 10.2 Å². The molecule has 0 aliphatic carbocycles. The first kappa shape index (κ1) is 25.6. The molecule has 3 heterocycles. The van der Waals surface area contributed by atoms with Crippen molar-refractivity contribution in [1.82, 2.24) is 19.6 Å². The Morgan fingerprint density at radius 1 is 1.19 bits per heavy atom. The molecule has 36 heavy (non-hydrogen) atoms. The number of ether oxygens (including phenoxy) is 2. The van der Waals surface area contributed by atoms with E-state index in [1.807, 2.05) is 45.0 Å². The Kier molecular flexibility index (Phi) is 7.01. The molecular formula is C26H30N4O5S. The highest BCUT2D eigenvalue weighted by atomic mass is 32.1. The van der Waals surface area contributed by atoms with Gasteiger partial charge in [0.05, 0.1) is 37.1 Å². The molecule has 0 spiro atoms. The first-order chi connectivity index (χ1) is 17.1. The number of hydrogen-bond donors (Lipinski definition) is 1. The Morgan fingerprint density at radius 3 is 2.47 bits per heavy atom. The summed E-state index contributed by atoms with van der Waals surface area (Å²) in [5.74, 6) is -0.404. The fourth-order valence-corrected chi connectivity index (χ4v) is 5.48. The molecule has 0 bridgehead atoms. The molecule has 0 fully saturated rings. The molecule has 190 valence electrons. The van der Waals surface area contributed by atoms with Gasteiger partial charge in [-0.15, -0.1) is 16.1 Å². The van der Waals surface area contributed by atoms with Gasteiger partial charge in [0.15, 0.2) is 0 Å². The number of carboxylic acids is 1. The number of carbonyl (C=O) groups is 1. The van der Waals surface area contributed by atoms with Crippen molar-refractivity contribution < 1.29 is 19.4 Å². The summed E-state index contributed by atoms with van der Waals surface area (Å²) in [7, 11) is 1.62. The largest absolute Gasteiger partial charge is 0.496 e. The summed E-state index contributed by atoms with van der Waals surface area (Å²) in [6, 6.07) is 7.66. The van der Waals surface area contributed by atoms with Crippen molar-refractivity contribution in [3.63, 3.8) is 0 Å². The van der Waals surface area contributed by atoms with Gasteiger partial charge in [-0.25, -0.2) is 4.79 Å². The number of aryl methyl sites for hydroxylation is 1. The van der Waals surface area contributed by atoms with Crippen LogP contribution in [0.4, 0.5) is 0 Å². The lowest BCUT2D eigenvalue weighted by atomic mass is 9.98. The summed E-state index contributed by atoms with van der Waals surface area (Å²) in [6.45, 7) is 8.80. The molecular weight excluding hydrogens is 480 g/mol. The van der Waals surface area contributed by atoms with Gasteiger partial charge in [-0.05, 0) is 46.2 Å². The van der Waals surface area contributed by atoms with Crippen LogP contribution >= 0.6 is 11.3 Å². The second kappa shape index (κ2) is 9.87. The van der Waals surface area contributed by atoms with Crippen LogP contribution in [0.1, 0.15) is 50.5 Å². The lowest BCUT2D eigenvalue weighted by Crippen LogP contribution is -2.42. The molecule has 0 aliphatic heterocycles. The number of para-hydroxylation sites is 1. The minimum atomic E-state index is -1.46. The van der Waals surface area contributed by atoms with Gasteiger partial charge in [0, 0.05) is 28.4 Å². The molecule has 0 saturated carbocycles. The van der Waals surface area contributed by atoms with Gasteiger partial charge < -0.3 is 14.6 Å². The number of carboxylic acid groups (broad SMARTS) is 1. The molecule has 0 saturated heterocycles. The molecule has 0 unspecified atom stereocenters. The van der Waals surface area contributed by atoms with Gasteiger partial charge in [0.1, 0.15) is 16.3 Å². The number of benzene rings is 1. The number of fused-ring (bicyclic) bond motifs is 1. The fraction of sp³-hybridized carbons (Fsp3) is 0.385. The number of pyridine rings is 1. The lowest BCUT2D eigenvalue weighted by Gasteiger charge is -2.26. The number of rotatable bonds is 9. The number of hydrogen-bond acceptors (Lipinski definition) is 7. The maximum absolute atomic E-state index is 13.7. The summed E-state index contributed by atoms with van der Waals surface area (Å²) < 4.78 is 14.0. The van der Waals surface area contributed by atoms with E-state index < -0.39 is 17.6 Å². The molecule has 1 aromatic carbocycles. The van der Waals surface area contributed by atoms with Crippen LogP contribution in [0.5, 0.6) is 5.75 Å². The maximum Gasteiger partial charge on any atom is 0.329 e. The summed E-state index contributed by atoms with van der Waals surface area (Å²) in [5.41, 5.74) is 0.539. The minimum Gasteiger partial charge on any atom is -0.496 e. The molecule has 9 nitrogen and oxygen atoms in total. The van der Waals surface area contributed by atoms with E-state index >= 15 is 0 Å². The molecule has 1 atom stereocenters. The molecule has 4 aromatic rings. The van der Waals surface area contributed by atoms with Crippen LogP contribution in [0.15, 0.2) is 47.7 Å². The normalized spacial score (nSPS) is 12.9.